The maximum absolute atomic E-state index is 13.1. The lowest BCUT2D eigenvalue weighted by atomic mass is 9.71. The molecule has 0 atom stereocenters. The van der Waals surface area contributed by atoms with Gasteiger partial charge in [0.25, 0.3) is 0 Å². The van der Waals surface area contributed by atoms with Gasteiger partial charge in [-0.25, -0.2) is 0 Å². The molecule has 1 aromatic carbocycles. The molecule has 0 unspecified atom stereocenters. The van der Waals surface area contributed by atoms with E-state index in [4.69, 9.17) is 14.0 Å². The Morgan fingerprint density at radius 3 is 2.31 bits per heavy atom. The second-order valence-corrected chi connectivity index (χ2v) is 10.6. The fraction of sp³-hybridized carbons (Fsp3) is 0.667. The highest BCUT2D eigenvalue weighted by molar-refractivity contribution is 6.62. The molecule has 0 aliphatic carbocycles. The number of rotatable bonds is 2. The zero-order valence-electron chi connectivity index (χ0n) is 19.5. The second kappa shape index (κ2) is 7.57. The average molecular weight is 440 g/mol. The van der Waals surface area contributed by atoms with Crippen molar-refractivity contribution in [1.29, 1.82) is 0 Å². The molecule has 1 N–H and O–H groups in total. The molecule has 2 amide bonds. The first-order chi connectivity index (χ1) is 15.1. The van der Waals surface area contributed by atoms with Crippen LogP contribution in [0.1, 0.15) is 58.9 Å². The number of nitrogens with zero attached hydrogens (tertiary/aromatic N) is 1. The minimum atomic E-state index is -0.559. The molecule has 0 radical (unpaired) electrons. The van der Waals surface area contributed by atoms with Gasteiger partial charge in [-0.2, -0.15) is 0 Å². The summed E-state index contributed by atoms with van der Waals surface area (Å²) in [6.07, 6.45) is 2.89. The van der Waals surface area contributed by atoms with Crippen LogP contribution >= 0.6 is 0 Å². The number of carbonyl (C=O) groups is 2. The first-order valence-electron chi connectivity index (χ1n) is 11.8. The number of ether oxygens (including phenoxy) is 1. The molecule has 5 rings (SSSR count). The Labute approximate surface area is 190 Å². The summed E-state index contributed by atoms with van der Waals surface area (Å²) < 4.78 is 17.8. The van der Waals surface area contributed by atoms with Crippen LogP contribution in [0.2, 0.25) is 0 Å². The largest absolute Gasteiger partial charge is 0.494 e. The standard InChI is InChI=1S/C24H33BN2O5/c1-22(2)23(3,4)32-25(31-22)17-5-6-18-19(15-17)26-21(29)24(18)9-11-27(12-10-24)20(28)16-7-13-30-14-8-16/h5-6,15-16H,7-14H2,1-4H3,(H,26,29). The third-order valence-electron chi connectivity index (χ3n) is 8.27. The third kappa shape index (κ3) is 3.38. The van der Waals surface area contributed by atoms with E-state index in [1.807, 2.05) is 50.8 Å². The Bertz CT molecular complexity index is 916. The van der Waals surface area contributed by atoms with Crippen molar-refractivity contribution >= 4 is 30.1 Å². The van der Waals surface area contributed by atoms with Crippen molar-refractivity contribution in [3.05, 3.63) is 23.8 Å². The van der Waals surface area contributed by atoms with Crippen LogP contribution in [0.3, 0.4) is 0 Å². The average Bonchev–Trinajstić information content (AvgIpc) is 3.16. The summed E-state index contributed by atoms with van der Waals surface area (Å²) in [5.74, 6) is 0.319. The number of piperidine rings is 1. The number of amides is 2. The van der Waals surface area contributed by atoms with Gasteiger partial charge >= 0.3 is 7.12 Å². The molecule has 32 heavy (non-hydrogen) atoms. The lowest BCUT2D eigenvalue weighted by Gasteiger charge is -2.39. The molecular formula is C24H33BN2O5. The highest BCUT2D eigenvalue weighted by Gasteiger charge is 2.53. The second-order valence-electron chi connectivity index (χ2n) is 10.6. The zero-order valence-corrected chi connectivity index (χ0v) is 19.5. The molecule has 4 aliphatic rings. The van der Waals surface area contributed by atoms with E-state index in [9.17, 15) is 9.59 Å². The Kier molecular flexibility index (Phi) is 5.19. The number of benzene rings is 1. The number of anilines is 1. The summed E-state index contributed by atoms with van der Waals surface area (Å²) in [5.41, 5.74) is 1.39. The van der Waals surface area contributed by atoms with Gasteiger partial charge in [-0.05, 0) is 70.5 Å². The van der Waals surface area contributed by atoms with Gasteiger partial charge in [0.05, 0.1) is 16.6 Å². The first-order valence-corrected chi connectivity index (χ1v) is 11.8. The molecule has 4 aliphatic heterocycles. The van der Waals surface area contributed by atoms with Crippen molar-refractivity contribution in [2.75, 3.05) is 31.6 Å². The van der Waals surface area contributed by atoms with Gasteiger partial charge in [0.1, 0.15) is 0 Å². The van der Waals surface area contributed by atoms with Crippen LogP contribution in [-0.4, -0.2) is 61.3 Å². The third-order valence-corrected chi connectivity index (χ3v) is 8.27. The lowest BCUT2D eigenvalue weighted by Crippen LogP contribution is -2.50. The van der Waals surface area contributed by atoms with Crippen molar-refractivity contribution in [1.82, 2.24) is 4.90 Å². The molecule has 3 saturated heterocycles. The fourth-order valence-corrected chi connectivity index (χ4v) is 5.38. The van der Waals surface area contributed by atoms with E-state index in [-0.39, 0.29) is 17.7 Å². The number of hydrogen-bond acceptors (Lipinski definition) is 5. The van der Waals surface area contributed by atoms with Gasteiger partial charge in [0.15, 0.2) is 0 Å². The molecular weight excluding hydrogens is 407 g/mol. The number of likely N-dealkylation sites (tertiary alicyclic amines) is 1. The molecule has 0 aromatic heterocycles. The molecule has 1 spiro atoms. The van der Waals surface area contributed by atoms with Crippen molar-refractivity contribution in [3.8, 4) is 0 Å². The first kappa shape index (κ1) is 21.9. The van der Waals surface area contributed by atoms with Gasteiger partial charge in [0, 0.05) is 37.9 Å². The number of nitrogens with one attached hydrogen (secondary N) is 1. The van der Waals surface area contributed by atoms with E-state index in [1.165, 1.54) is 0 Å². The molecule has 4 heterocycles. The van der Waals surface area contributed by atoms with E-state index in [0.29, 0.717) is 39.1 Å². The van der Waals surface area contributed by atoms with Gasteiger partial charge in [0.2, 0.25) is 11.8 Å². The minimum Gasteiger partial charge on any atom is -0.399 e. The number of carbonyl (C=O) groups excluding carboxylic acids is 2. The molecule has 172 valence electrons. The smallest absolute Gasteiger partial charge is 0.399 e. The van der Waals surface area contributed by atoms with Crippen molar-refractivity contribution < 1.29 is 23.6 Å². The van der Waals surface area contributed by atoms with Crippen LogP contribution < -0.4 is 10.8 Å². The van der Waals surface area contributed by atoms with Crippen LogP contribution in [0.5, 0.6) is 0 Å². The molecule has 0 saturated carbocycles. The maximum atomic E-state index is 13.1. The Balaban J connectivity index is 1.32. The summed E-state index contributed by atoms with van der Waals surface area (Å²) in [6.45, 7) is 10.7. The highest BCUT2D eigenvalue weighted by atomic mass is 16.7. The minimum absolute atomic E-state index is 0.0386. The summed E-state index contributed by atoms with van der Waals surface area (Å²) in [7, 11) is -0.460. The van der Waals surface area contributed by atoms with E-state index in [0.717, 1.165) is 29.6 Å². The van der Waals surface area contributed by atoms with Gasteiger partial charge in [-0.1, -0.05) is 12.1 Å². The highest BCUT2D eigenvalue weighted by Crippen LogP contribution is 2.45. The van der Waals surface area contributed by atoms with E-state index in [2.05, 4.69) is 5.32 Å². The summed E-state index contributed by atoms with van der Waals surface area (Å²) in [5, 5.41) is 3.10. The van der Waals surface area contributed by atoms with Crippen molar-refractivity contribution in [2.24, 2.45) is 5.92 Å². The van der Waals surface area contributed by atoms with Gasteiger partial charge in [-0.15, -0.1) is 0 Å². The van der Waals surface area contributed by atoms with Crippen LogP contribution in [0.25, 0.3) is 0 Å². The van der Waals surface area contributed by atoms with Crippen LogP contribution in [-0.2, 0) is 29.0 Å². The van der Waals surface area contributed by atoms with Crippen LogP contribution in [0, 0.1) is 5.92 Å². The molecule has 3 fully saturated rings. The van der Waals surface area contributed by atoms with Crippen LogP contribution in [0.4, 0.5) is 5.69 Å². The summed E-state index contributed by atoms with van der Waals surface area (Å²) in [6, 6.07) is 6.05. The maximum Gasteiger partial charge on any atom is 0.494 e. The quantitative estimate of drug-likeness (QED) is 0.714. The van der Waals surface area contributed by atoms with Gasteiger partial charge in [-0.3, -0.25) is 9.59 Å². The predicted molar refractivity (Wildman–Crippen MR) is 122 cm³/mol. The fourth-order valence-electron chi connectivity index (χ4n) is 5.38. The molecule has 7 nitrogen and oxygen atoms in total. The van der Waals surface area contributed by atoms with Crippen LogP contribution in [0.15, 0.2) is 18.2 Å². The van der Waals surface area contributed by atoms with E-state index in [1.54, 1.807) is 0 Å². The molecule has 8 heteroatoms. The molecule has 0 bridgehead atoms. The van der Waals surface area contributed by atoms with Gasteiger partial charge < -0.3 is 24.3 Å². The SMILES string of the molecule is CC1(C)OB(c2ccc3c(c2)NC(=O)C32CCN(C(=O)C3CCOCC3)CC2)OC1(C)C. The Morgan fingerprint density at radius 1 is 1.06 bits per heavy atom. The zero-order chi connectivity index (χ0) is 22.7. The summed E-state index contributed by atoms with van der Waals surface area (Å²) in [4.78, 5) is 28.0. The lowest BCUT2D eigenvalue weighted by molar-refractivity contribution is -0.141. The molecule has 1 aromatic rings. The Hall–Kier alpha value is -1.90. The normalized spacial score (nSPS) is 26.3. The summed E-state index contributed by atoms with van der Waals surface area (Å²) >= 11 is 0. The Morgan fingerprint density at radius 2 is 1.69 bits per heavy atom. The van der Waals surface area contributed by atoms with E-state index < -0.39 is 23.7 Å². The number of fused-ring (bicyclic) bond motifs is 2. The van der Waals surface area contributed by atoms with Crippen molar-refractivity contribution in [2.45, 2.75) is 70.0 Å². The van der Waals surface area contributed by atoms with E-state index >= 15 is 0 Å². The topological polar surface area (TPSA) is 77.1 Å². The monoisotopic (exact) mass is 440 g/mol. The predicted octanol–water partition coefficient (Wildman–Crippen LogP) is 2.22. The van der Waals surface area contributed by atoms with Crippen molar-refractivity contribution in [3.63, 3.8) is 0 Å². The number of hydrogen-bond donors (Lipinski definition) is 1.